The van der Waals surface area contributed by atoms with Gasteiger partial charge in [0.1, 0.15) is 5.01 Å². The summed E-state index contributed by atoms with van der Waals surface area (Å²) >= 11 is 1.85. The van der Waals surface area contributed by atoms with E-state index in [-0.39, 0.29) is 0 Å². The second-order valence-corrected chi connectivity index (χ2v) is 7.32. The van der Waals surface area contributed by atoms with E-state index in [1.54, 1.807) is 0 Å². The predicted octanol–water partition coefficient (Wildman–Crippen LogP) is 3.31. The van der Waals surface area contributed by atoms with Crippen LogP contribution < -0.4 is 5.73 Å². The minimum Gasteiger partial charge on any atom is -0.328 e. The molecule has 106 valence electrons. The standard InChI is InChI=1S/C16H21N3S/c1-10(16-18-14-4-2-3-5-15(14)20-16)19-12-6-7-13(19)9-11(17)8-12/h2-5,10-13H,6-9,17H2,1H3. The lowest BCUT2D eigenvalue weighted by atomic mass is 9.96. The molecule has 0 radical (unpaired) electrons. The van der Waals surface area contributed by atoms with Crippen LogP contribution in [0.3, 0.4) is 0 Å². The molecule has 2 bridgehead atoms. The van der Waals surface area contributed by atoms with E-state index in [0.717, 1.165) is 18.4 Å². The zero-order valence-electron chi connectivity index (χ0n) is 11.8. The van der Waals surface area contributed by atoms with Gasteiger partial charge >= 0.3 is 0 Å². The molecule has 2 aliphatic rings. The van der Waals surface area contributed by atoms with Crippen LogP contribution in [0.15, 0.2) is 24.3 Å². The topological polar surface area (TPSA) is 42.2 Å². The van der Waals surface area contributed by atoms with Gasteiger partial charge in [-0.15, -0.1) is 11.3 Å². The van der Waals surface area contributed by atoms with E-state index in [0.29, 0.717) is 24.2 Å². The normalized spacial score (nSPS) is 31.8. The maximum absolute atomic E-state index is 6.18. The van der Waals surface area contributed by atoms with Gasteiger partial charge in [0.2, 0.25) is 0 Å². The molecule has 1 aromatic carbocycles. The first-order chi connectivity index (χ1) is 9.72. The predicted molar refractivity (Wildman–Crippen MR) is 83.9 cm³/mol. The summed E-state index contributed by atoms with van der Waals surface area (Å²) in [5.74, 6) is 0. The van der Waals surface area contributed by atoms with Gasteiger partial charge in [-0.25, -0.2) is 4.98 Å². The molecule has 4 heteroatoms. The minimum atomic E-state index is 0.409. The van der Waals surface area contributed by atoms with Gasteiger partial charge in [-0.05, 0) is 44.7 Å². The Morgan fingerprint density at radius 2 is 1.95 bits per heavy atom. The largest absolute Gasteiger partial charge is 0.328 e. The molecule has 0 spiro atoms. The van der Waals surface area contributed by atoms with E-state index < -0.39 is 0 Å². The van der Waals surface area contributed by atoms with E-state index in [1.165, 1.54) is 22.5 Å². The maximum atomic E-state index is 6.18. The first-order valence-electron chi connectivity index (χ1n) is 7.61. The molecule has 2 fully saturated rings. The van der Waals surface area contributed by atoms with Gasteiger partial charge in [0.15, 0.2) is 0 Å². The molecule has 2 aromatic rings. The lowest BCUT2D eigenvalue weighted by molar-refractivity contribution is 0.0853. The second-order valence-electron chi connectivity index (χ2n) is 6.26. The highest BCUT2D eigenvalue weighted by molar-refractivity contribution is 7.18. The first-order valence-corrected chi connectivity index (χ1v) is 8.42. The highest BCUT2D eigenvalue weighted by atomic mass is 32.1. The molecule has 1 aromatic heterocycles. The number of fused-ring (bicyclic) bond motifs is 3. The van der Waals surface area contributed by atoms with Crippen LogP contribution >= 0.6 is 11.3 Å². The number of para-hydroxylation sites is 1. The summed E-state index contributed by atoms with van der Waals surface area (Å²) < 4.78 is 1.30. The van der Waals surface area contributed by atoms with Gasteiger partial charge in [0.25, 0.3) is 0 Å². The number of aromatic nitrogens is 1. The third kappa shape index (κ3) is 1.98. The monoisotopic (exact) mass is 287 g/mol. The van der Waals surface area contributed by atoms with Crippen molar-refractivity contribution in [3.8, 4) is 0 Å². The number of thiazole rings is 1. The van der Waals surface area contributed by atoms with Crippen molar-refractivity contribution >= 4 is 21.6 Å². The molecule has 0 saturated carbocycles. The Kier molecular flexibility index (Phi) is 3.05. The van der Waals surface area contributed by atoms with Crippen molar-refractivity contribution in [2.45, 2.75) is 56.8 Å². The van der Waals surface area contributed by atoms with Gasteiger partial charge in [-0.2, -0.15) is 0 Å². The molecule has 4 rings (SSSR count). The molecule has 3 nitrogen and oxygen atoms in total. The van der Waals surface area contributed by atoms with E-state index >= 15 is 0 Å². The Morgan fingerprint density at radius 3 is 2.65 bits per heavy atom. The maximum Gasteiger partial charge on any atom is 0.111 e. The number of rotatable bonds is 2. The van der Waals surface area contributed by atoms with Crippen molar-refractivity contribution in [3.05, 3.63) is 29.3 Å². The highest BCUT2D eigenvalue weighted by Crippen LogP contribution is 2.42. The Balaban J connectivity index is 1.65. The average molecular weight is 287 g/mol. The van der Waals surface area contributed by atoms with Crippen LogP contribution in [0.25, 0.3) is 10.2 Å². The highest BCUT2D eigenvalue weighted by Gasteiger charge is 2.42. The van der Waals surface area contributed by atoms with Gasteiger partial charge < -0.3 is 5.73 Å². The van der Waals surface area contributed by atoms with Crippen LogP contribution in [0.2, 0.25) is 0 Å². The quantitative estimate of drug-likeness (QED) is 0.921. The van der Waals surface area contributed by atoms with Crippen molar-refractivity contribution in [2.75, 3.05) is 0 Å². The molecule has 0 aliphatic carbocycles. The van der Waals surface area contributed by atoms with Crippen LogP contribution in [-0.4, -0.2) is 28.0 Å². The average Bonchev–Trinajstić information content (AvgIpc) is 2.98. The van der Waals surface area contributed by atoms with Gasteiger partial charge in [-0.1, -0.05) is 12.1 Å². The zero-order chi connectivity index (χ0) is 13.7. The molecular formula is C16H21N3S. The summed E-state index contributed by atoms with van der Waals surface area (Å²) in [4.78, 5) is 7.54. The van der Waals surface area contributed by atoms with Gasteiger partial charge in [0.05, 0.1) is 16.3 Å². The number of benzene rings is 1. The van der Waals surface area contributed by atoms with Crippen molar-refractivity contribution < 1.29 is 0 Å². The Bertz CT molecular complexity index is 576. The van der Waals surface area contributed by atoms with Crippen molar-refractivity contribution in [1.82, 2.24) is 9.88 Å². The molecule has 2 aliphatic heterocycles. The summed E-state index contributed by atoms with van der Waals surface area (Å²) in [5, 5.41) is 1.26. The summed E-state index contributed by atoms with van der Waals surface area (Å²) in [6, 6.07) is 10.6. The Hall–Kier alpha value is -0.970. The van der Waals surface area contributed by atoms with Gasteiger partial charge in [-0.3, -0.25) is 4.90 Å². The molecule has 0 amide bonds. The molecule has 3 heterocycles. The molecule has 3 unspecified atom stereocenters. The summed E-state index contributed by atoms with van der Waals surface area (Å²) in [6.07, 6.45) is 4.94. The Labute approximate surface area is 123 Å². The van der Waals surface area contributed by atoms with E-state index in [2.05, 4.69) is 36.1 Å². The minimum absolute atomic E-state index is 0.409. The van der Waals surface area contributed by atoms with Crippen molar-refractivity contribution in [2.24, 2.45) is 5.73 Å². The lowest BCUT2D eigenvalue weighted by Crippen LogP contribution is -2.48. The summed E-state index contributed by atoms with van der Waals surface area (Å²) in [6.45, 7) is 2.32. The fourth-order valence-corrected chi connectivity index (χ4v) is 5.11. The smallest absolute Gasteiger partial charge is 0.111 e. The summed E-state index contributed by atoms with van der Waals surface area (Å²) in [7, 11) is 0. The molecule has 2 saturated heterocycles. The third-order valence-corrected chi connectivity index (χ3v) is 6.15. The van der Waals surface area contributed by atoms with Crippen LogP contribution in [0.1, 0.15) is 43.7 Å². The number of nitrogens with zero attached hydrogens (tertiary/aromatic N) is 2. The molecule has 3 atom stereocenters. The summed E-state index contributed by atoms with van der Waals surface area (Å²) in [5.41, 5.74) is 7.32. The molecular weight excluding hydrogens is 266 g/mol. The SMILES string of the molecule is CC(c1nc2ccccc2s1)N1C2CCC1CC(N)C2. The fourth-order valence-electron chi connectivity index (χ4n) is 4.08. The van der Waals surface area contributed by atoms with Crippen LogP contribution in [0, 0.1) is 0 Å². The van der Waals surface area contributed by atoms with E-state index in [1.807, 2.05) is 11.3 Å². The fraction of sp³-hybridized carbons (Fsp3) is 0.562. The number of hydrogen-bond donors (Lipinski definition) is 1. The van der Waals surface area contributed by atoms with Crippen LogP contribution in [0.5, 0.6) is 0 Å². The van der Waals surface area contributed by atoms with Gasteiger partial charge in [0, 0.05) is 18.1 Å². The second kappa shape index (κ2) is 4.79. The van der Waals surface area contributed by atoms with Crippen LogP contribution in [0.4, 0.5) is 0 Å². The first kappa shape index (κ1) is 12.7. The van der Waals surface area contributed by atoms with Crippen molar-refractivity contribution in [1.29, 1.82) is 0 Å². The molecule has 20 heavy (non-hydrogen) atoms. The van der Waals surface area contributed by atoms with E-state index in [4.69, 9.17) is 10.7 Å². The lowest BCUT2D eigenvalue weighted by Gasteiger charge is -2.40. The number of nitrogens with two attached hydrogens (primary N) is 1. The number of piperidine rings is 1. The zero-order valence-corrected chi connectivity index (χ0v) is 12.6. The molecule has 2 N–H and O–H groups in total. The number of hydrogen-bond acceptors (Lipinski definition) is 4. The third-order valence-electron chi connectivity index (χ3n) is 4.94. The Morgan fingerprint density at radius 1 is 1.25 bits per heavy atom. The van der Waals surface area contributed by atoms with E-state index in [9.17, 15) is 0 Å². The van der Waals surface area contributed by atoms with Crippen molar-refractivity contribution in [3.63, 3.8) is 0 Å². The van der Waals surface area contributed by atoms with Crippen LogP contribution in [-0.2, 0) is 0 Å².